The summed E-state index contributed by atoms with van der Waals surface area (Å²) in [5.41, 5.74) is 0. The minimum atomic E-state index is 0.208. The van der Waals surface area contributed by atoms with Crippen LogP contribution in [0.15, 0.2) is 5.16 Å². The van der Waals surface area contributed by atoms with Crippen molar-refractivity contribution in [1.29, 1.82) is 0 Å². The number of piperidine rings is 1. The molecule has 1 aliphatic heterocycles. The summed E-state index contributed by atoms with van der Waals surface area (Å²) < 4.78 is 1.86. The maximum absolute atomic E-state index is 12.4. The number of carbonyl (C=O) groups is 1. The van der Waals surface area contributed by atoms with Gasteiger partial charge in [-0.15, -0.1) is 5.10 Å². The molecule has 6 nitrogen and oxygen atoms in total. The first-order valence-corrected chi connectivity index (χ1v) is 8.37. The molecule has 2 heterocycles. The van der Waals surface area contributed by atoms with E-state index in [4.69, 9.17) is 0 Å². The predicted molar refractivity (Wildman–Crippen MR) is 76.4 cm³/mol. The highest BCUT2D eigenvalue weighted by atomic mass is 32.2. The smallest absolute Gasteiger partial charge is 0.233 e. The van der Waals surface area contributed by atoms with Crippen LogP contribution in [0.4, 0.5) is 0 Å². The molecular formula is C13H21N5OS. The largest absolute Gasteiger partial charge is 0.337 e. The van der Waals surface area contributed by atoms with Crippen molar-refractivity contribution in [3.63, 3.8) is 0 Å². The monoisotopic (exact) mass is 295 g/mol. The molecule has 2 fully saturated rings. The molecule has 110 valence electrons. The van der Waals surface area contributed by atoms with E-state index >= 15 is 0 Å². The Morgan fingerprint density at radius 1 is 1.25 bits per heavy atom. The predicted octanol–water partition coefficient (Wildman–Crippen LogP) is 1.89. The lowest BCUT2D eigenvalue weighted by atomic mass is 9.98. The number of hydrogen-bond donors (Lipinski definition) is 0. The van der Waals surface area contributed by atoms with Crippen molar-refractivity contribution in [3.05, 3.63) is 0 Å². The van der Waals surface area contributed by atoms with E-state index in [0.29, 0.717) is 23.9 Å². The number of rotatable bonds is 4. The van der Waals surface area contributed by atoms with Crippen molar-refractivity contribution < 1.29 is 4.79 Å². The fourth-order valence-electron chi connectivity index (χ4n) is 2.94. The van der Waals surface area contributed by atoms with Gasteiger partial charge in [0.05, 0.1) is 11.8 Å². The molecule has 0 N–H and O–H groups in total. The van der Waals surface area contributed by atoms with Gasteiger partial charge in [-0.05, 0) is 56.4 Å². The van der Waals surface area contributed by atoms with Gasteiger partial charge in [0, 0.05) is 12.1 Å². The number of nitrogens with zero attached hydrogens (tertiary/aromatic N) is 5. The van der Waals surface area contributed by atoms with Crippen LogP contribution < -0.4 is 0 Å². The number of aromatic nitrogens is 4. The normalized spacial score (nSPS) is 26.8. The van der Waals surface area contributed by atoms with E-state index in [2.05, 4.69) is 29.4 Å². The zero-order valence-corrected chi connectivity index (χ0v) is 12.8. The van der Waals surface area contributed by atoms with E-state index in [-0.39, 0.29) is 5.91 Å². The molecule has 0 bridgehead atoms. The fraction of sp³-hybridized carbons (Fsp3) is 0.846. The maximum Gasteiger partial charge on any atom is 0.233 e. The number of hydrogen-bond acceptors (Lipinski definition) is 5. The zero-order chi connectivity index (χ0) is 14.1. The van der Waals surface area contributed by atoms with E-state index in [9.17, 15) is 4.79 Å². The molecule has 2 atom stereocenters. The molecule has 0 aromatic carbocycles. The fourth-order valence-corrected chi connectivity index (χ4v) is 3.76. The van der Waals surface area contributed by atoms with Gasteiger partial charge < -0.3 is 4.90 Å². The lowest BCUT2D eigenvalue weighted by Gasteiger charge is -2.39. The molecule has 1 aromatic heterocycles. The van der Waals surface area contributed by atoms with Gasteiger partial charge in [0.15, 0.2) is 0 Å². The van der Waals surface area contributed by atoms with Crippen LogP contribution in [0.25, 0.3) is 0 Å². The van der Waals surface area contributed by atoms with E-state index in [1.165, 1.54) is 18.2 Å². The number of amides is 1. The zero-order valence-electron chi connectivity index (χ0n) is 12.0. The molecule has 7 heteroatoms. The lowest BCUT2D eigenvalue weighted by molar-refractivity contribution is -0.134. The molecular weight excluding hydrogens is 274 g/mol. The number of tetrazole rings is 1. The summed E-state index contributed by atoms with van der Waals surface area (Å²) in [6, 6.07) is 1.16. The molecule has 20 heavy (non-hydrogen) atoms. The average molecular weight is 295 g/mol. The van der Waals surface area contributed by atoms with Gasteiger partial charge in [-0.3, -0.25) is 4.79 Å². The minimum absolute atomic E-state index is 0.208. The van der Waals surface area contributed by atoms with Gasteiger partial charge in [0.2, 0.25) is 11.1 Å². The highest BCUT2D eigenvalue weighted by molar-refractivity contribution is 7.99. The van der Waals surface area contributed by atoms with Gasteiger partial charge in [0.1, 0.15) is 0 Å². The summed E-state index contributed by atoms with van der Waals surface area (Å²) in [5.74, 6) is 0.641. The van der Waals surface area contributed by atoms with Crippen molar-refractivity contribution in [2.75, 3.05) is 5.75 Å². The number of thioether (sulfide) groups is 1. The van der Waals surface area contributed by atoms with Gasteiger partial charge >= 0.3 is 0 Å². The minimum Gasteiger partial charge on any atom is -0.337 e. The molecule has 2 unspecified atom stereocenters. The van der Waals surface area contributed by atoms with Crippen LogP contribution in [0.1, 0.15) is 52.0 Å². The Morgan fingerprint density at radius 3 is 2.60 bits per heavy atom. The first kappa shape index (κ1) is 13.9. The Bertz CT molecular complexity index is 477. The summed E-state index contributed by atoms with van der Waals surface area (Å²) in [7, 11) is 0. The second kappa shape index (κ2) is 5.71. The summed E-state index contributed by atoms with van der Waals surface area (Å²) in [6.45, 7) is 4.29. The van der Waals surface area contributed by atoms with Crippen molar-refractivity contribution in [2.45, 2.75) is 69.2 Å². The third-order valence-electron chi connectivity index (χ3n) is 4.16. The molecule has 0 spiro atoms. The second-order valence-electron chi connectivity index (χ2n) is 5.86. The number of carbonyl (C=O) groups excluding carboxylic acids is 1. The van der Waals surface area contributed by atoms with Crippen molar-refractivity contribution in [3.8, 4) is 0 Å². The van der Waals surface area contributed by atoms with E-state index in [0.717, 1.165) is 30.8 Å². The number of likely N-dealkylation sites (tertiary alicyclic amines) is 1. The van der Waals surface area contributed by atoms with Gasteiger partial charge in [-0.1, -0.05) is 11.8 Å². The van der Waals surface area contributed by atoms with Crippen LogP contribution in [-0.2, 0) is 4.79 Å². The highest BCUT2D eigenvalue weighted by Gasteiger charge is 2.31. The summed E-state index contributed by atoms with van der Waals surface area (Å²) in [6.07, 6.45) is 5.74. The summed E-state index contributed by atoms with van der Waals surface area (Å²) >= 11 is 1.46. The van der Waals surface area contributed by atoms with Crippen molar-refractivity contribution >= 4 is 17.7 Å². The third-order valence-corrected chi connectivity index (χ3v) is 5.08. The average Bonchev–Trinajstić information content (AvgIpc) is 3.15. The standard InChI is InChI=1S/C13H21N5OS/c1-9-4-3-5-10(2)17(9)12(19)8-20-13-14-15-16-18(13)11-6-7-11/h9-11H,3-8H2,1-2H3. The molecule has 3 rings (SSSR count). The quantitative estimate of drug-likeness (QED) is 0.794. The molecule has 1 aliphatic carbocycles. The van der Waals surface area contributed by atoms with Crippen LogP contribution in [0.2, 0.25) is 0 Å². The van der Waals surface area contributed by atoms with Crippen LogP contribution in [0, 0.1) is 0 Å². The molecule has 1 amide bonds. The summed E-state index contributed by atoms with van der Waals surface area (Å²) in [5, 5.41) is 12.5. The van der Waals surface area contributed by atoms with Crippen LogP contribution in [0.3, 0.4) is 0 Å². The summed E-state index contributed by atoms with van der Waals surface area (Å²) in [4.78, 5) is 14.5. The van der Waals surface area contributed by atoms with Gasteiger partial charge in [0.25, 0.3) is 0 Å². The van der Waals surface area contributed by atoms with E-state index in [1.807, 2.05) is 9.58 Å². The maximum atomic E-state index is 12.4. The Kier molecular flexibility index (Phi) is 3.96. The van der Waals surface area contributed by atoms with E-state index in [1.54, 1.807) is 0 Å². The molecule has 1 saturated carbocycles. The van der Waals surface area contributed by atoms with Crippen LogP contribution in [-0.4, -0.2) is 48.9 Å². The topological polar surface area (TPSA) is 63.9 Å². The van der Waals surface area contributed by atoms with Crippen molar-refractivity contribution in [2.24, 2.45) is 0 Å². The lowest BCUT2D eigenvalue weighted by Crippen LogP contribution is -2.48. The molecule has 1 aromatic rings. The first-order valence-electron chi connectivity index (χ1n) is 7.38. The Labute approximate surface area is 123 Å². The highest BCUT2D eigenvalue weighted by Crippen LogP contribution is 2.36. The van der Waals surface area contributed by atoms with E-state index < -0.39 is 0 Å². The van der Waals surface area contributed by atoms with Gasteiger partial charge in [-0.25, -0.2) is 4.68 Å². The second-order valence-corrected chi connectivity index (χ2v) is 6.80. The Morgan fingerprint density at radius 2 is 1.95 bits per heavy atom. The van der Waals surface area contributed by atoms with Crippen LogP contribution in [0.5, 0.6) is 0 Å². The van der Waals surface area contributed by atoms with Crippen LogP contribution >= 0.6 is 11.8 Å². The first-order chi connectivity index (χ1) is 9.66. The molecule has 0 radical (unpaired) electrons. The third kappa shape index (κ3) is 2.82. The van der Waals surface area contributed by atoms with Crippen molar-refractivity contribution in [1.82, 2.24) is 25.1 Å². The molecule has 2 aliphatic rings. The molecule has 1 saturated heterocycles. The Hall–Kier alpha value is -1.11. The van der Waals surface area contributed by atoms with Gasteiger partial charge in [-0.2, -0.15) is 0 Å². The SMILES string of the molecule is CC1CCCC(C)N1C(=O)CSc1nnnn1C1CC1. The Balaban J connectivity index is 1.59.